The first kappa shape index (κ1) is 33.3. The molecule has 2 aromatic carbocycles. The molecule has 0 aliphatic rings. The summed E-state index contributed by atoms with van der Waals surface area (Å²) in [6.45, 7) is 4.41. The van der Waals surface area contributed by atoms with Gasteiger partial charge in [0.05, 0.1) is 11.9 Å². The molecule has 2 aromatic rings. The topological polar surface area (TPSA) is 80.3 Å². The molecule has 0 aromatic heterocycles. The Morgan fingerprint density at radius 2 is 0.857 bits per heavy atom. The van der Waals surface area contributed by atoms with E-state index in [1.165, 1.54) is 64.2 Å². The van der Waals surface area contributed by atoms with E-state index in [4.69, 9.17) is 0 Å². The van der Waals surface area contributed by atoms with E-state index in [-0.39, 0.29) is 27.3 Å². The minimum atomic E-state index is -1.06. The molecule has 35 heavy (non-hydrogen) atoms. The van der Waals surface area contributed by atoms with E-state index in [0.717, 1.165) is 36.8 Å². The summed E-state index contributed by atoms with van der Waals surface area (Å²) in [5, 5.41) is 21.8. The molecule has 0 saturated carbocycles. The zero-order valence-electron chi connectivity index (χ0n) is 21.7. The number of benzene rings is 2. The van der Waals surface area contributed by atoms with E-state index in [1.807, 2.05) is 24.3 Å². The molecule has 2 rings (SSSR count). The summed E-state index contributed by atoms with van der Waals surface area (Å²) in [6, 6.07) is 14.3. The molecular formula is C30H42O4Pb. The summed E-state index contributed by atoms with van der Waals surface area (Å²) < 4.78 is 0. The second kappa shape index (κ2) is 21.6. The van der Waals surface area contributed by atoms with Gasteiger partial charge in [-0.15, -0.1) is 0 Å². The molecule has 0 amide bonds. The van der Waals surface area contributed by atoms with Crippen LogP contribution in [0.1, 0.15) is 123 Å². The number of hydrogen-bond acceptors (Lipinski definition) is 4. The van der Waals surface area contributed by atoms with E-state index in [2.05, 4.69) is 13.8 Å². The molecule has 190 valence electrons. The van der Waals surface area contributed by atoms with E-state index in [0.29, 0.717) is 11.1 Å². The monoisotopic (exact) mass is 674 g/mol. The third-order valence-corrected chi connectivity index (χ3v) is 6.07. The normalized spacial score (nSPS) is 10.1. The second-order valence-electron chi connectivity index (χ2n) is 8.92. The molecule has 2 radical (unpaired) electrons. The van der Waals surface area contributed by atoms with Crippen LogP contribution >= 0.6 is 0 Å². The number of unbranched alkanes of at least 4 members (excludes halogenated alkanes) is 10. The molecule has 5 heteroatoms. The molecule has 0 aliphatic carbocycles. The van der Waals surface area contributed by atoms with Crippen molar-refractivity contribution < 1.29 is 19.8 Å². The summed E-state index contributed by atoms with van der Waals surface area (Å²) >= 11 is 0. The summed E-state index contributed by atoms with van der Waals surface area (Å²) in [5.41, 5.74) is 2.51. The van der Waals surface area contributed by atoms with Gasteiger partial charge in [-0.2, -0.15) is 0 Å². The van der Waals surface area contributed by atoms with E-state index in [1.54, 1.807) is 24.3 Å². The Morgan fingerprint density at radius 3 is 1.20 bits per heavy atom. The third-order valence-electron chi connectivity index (χ3n) is 6.07. The van der Waals surface area contributed by atoms with Crippen LogP contribution in [0.25, 0.3) is 0 Å². The first-order valence-electron chi connectivity index (χ1n) is 13.1. The summed E-state index contributed by atoms with van der Waals surface area (Å²) in [7, 11) is 0. The maximum Gasteiger partial charge on any atom is 2.00 e. The van der Waals surface area contributed by atoms with Crippen LogP contribution in [0.3, 0.4) is 0 Å². The van der Waals surface area contributed by atoms with Crippen LogP contribution in [0.2, 0.25) is 0 Å². The van der Waals surface area contributed by atoms with Gasteiger partial charge in [0.1, 0.15) is 0 Å². The van der Waals surface area contributed by atoms with Crippen molar-refractivity contribution in [1.29, 1.82) is 0 Å². The van der Waals surface area contributed by atoms with Gasteiger partial charge < -0.3 is 19.8 Å². The van der Waals surface area contributed by atoms with Crippen molar-refractivity contribution in [3.8, 4) is 0 Å². The third kappa shape index (κ3) is 15.1. The Kier molecular flexibility index (Phi) is 20.5. The zero-order valence-corrected chi connectivity index (χ0v) is 25.5. The van der Waals surface area contributed by atoms with Gasteiger partial charge in [-0.3, -0.25) is 0 Å². The summed E-state index contributed by atoms with van der Waals surface area (Å²) in [6.07, 6.45) is 16.4. The number of hydrogen-bond donors (Lipinski definition) is 0. The summed E-state index contributed by atoms with van der Waals surface area (Å²) in [5.74, 6) is -2.13. The molecular weight excluding hydrogens is 632 g/mol. The molecule has 0 unspecified atom stereocenters. The predicted molar refractivity (Wildman–Crippen MR) is 141 cm³/mol. The largest absolute Gasteiger partial charge is 2.00 e. The number of aryl methyl sites for hydroxylation is 2. The second-order valence-corrected chi connectivity index (χ2v) is 8.92. The van der Waals surface area contributed by atoms with Crippen molar-refractivity contribution in [3.63, 3.8) is 0 Å². The Balaban J connectivity index is 0.000000642. The standard InChI is InChI=1S/2C15H22O2.Pb/c2*1-2-3-4-5-6-7-10-13-11-8-9-12-14(13)15(16)17;/h2*8-9,11-12H,2-7,10H2,1H3,(H,16,17);/q;;+2/p-2. The first-order valence-corrected chi connectivity index (χ1v) is 13.1. The number of carboxylic acids is 2. The number of carboxylic acid groups (broad SMARTS) is 2. The average Bonchev–Trinajstić information content (AvgIpc) is 2.84. The van der Waals surface area contributed by atoms with Gasteiger partial charge in [-0.25, -0.2) is 0 Å². The fraction of sp³-hybridized carbons (Fsp3) is 0.533. The van der Waals surface area contributed by atoms with Gasteiger partial charge >= 0.3 is 27.3 Å². The Morgan fingerprint density at radius 1 is 0.543 bits per heavy atom. The predicted octanol–water partition coefficient (Wildman–Crippen LogP) is 5.53. The SMILES string of the molecule is CCCCCCCCc1ccccc1C(=O)[O-].CCCCCCCCc1ccccc1C(=O)[O-].[Pb+2]. The molecule has 4 nitrogen and oxygen atoms in total. The van der Waals surface area contributed by atoms with E-state index >= 15 is 0 Å². The van der Waals surface area contributed by atoms with E-state index < -0.39 is 11.9 Å². The summed E-state index contributed by atoms with van der Waals surface area (Å²) in [4.78, 5) is 21.8. The van der Waals surface area contributed by atoms with Crippen LogP contribution in [0, 0.1) is 0 Å². The fourth-order valence-corrected chi connectivity index (χ4v) is 4.07. The quantitative estimate of drug-likeness (QED) is 0.174. The number of aromatic carboxylic acids is 2. The first-order chi connectivity index (χ1) is 16.5. The number of rotatable bonds is 16. The molecule has 0 heterocycles. The Hall–Kier alpha value is -1.70. The smallest absolute Gasteiger partial charge is 0.545 e. The Bertz CT molecular complexity index is 765. The minimum Gasteiger partial charge on any atom is -0.545 e. The van der Waals surface area contributed by atoms with Crippen molar-refractivity contribution >= 4 is 39.2 Å². The zero-order chi connectivity index (χ0) is 25.0. The van der Waals surface area contributed by atoms with Crippen LogP contribution < -0.4 is 10.2 Å². The van der Waals surface area contributed by atoms with Crippen molar-refractivity contribution in [2.75, 3.05) is 0 Å². The van der Waals surface area contributed by atoms with E-state index in [9.17, 15) is 19.8 Å². The van der Waals surface area contributed by atoms with Crippen LogP contribution in [0.15, 0.2) is 48.5 Å². The molecule has 0 fully saturated rings. The molecule has 0 aliphatic heterocycles. The van der Waals surface area contributed by atoms with Crippen LogP contribution in [-0.2, 0) is 12.8 Å². The maximum absolute atomic E-state index is 10.9. The van der Waals surface area contributed by atoms with Gasteiger partial charge in [0.2, 0.25) is 0 Å². The van der Waals surface area contributed by atoms with Gasteiger partial charge in [0.25, 0.3) is 0 Å². The van der Waals surface area contributed by atoms with Crippen LogP contribution in [-0.4, -0.2) is 39.2 Å². The molecule has 0 spiro atoms. The van der Waals surface area contributed by atoms with Crippen LogP contribution in [0.5, 0.6) is 0 Å². The van der Waals surface area contributed by atoms with Crippen molar-refractivity contribution in [3.05, 3.63) is 70.8 Å². The molecule has 0 atom stereocenters. The maximum atomic E-state index is 10.9. The van der Waals surface area contributed by atoms with Crippen molar-refractivity contribution in [2.24, 2.45) is 0 Å². The van der Waals surface area contributed by atoms with Crippen molar-refractivity contribution in [2.45, 2.75) is 104 Å². The molecule has 0 saturated heterocycles. The Labute approximate surface area is 232 Å². The number of carbonyl (C=O) groups is 2. The molecule has 0 N–H and O–H groups in total. The van der Waals surface area contributed by atoms with Crippen molar-refractivity contribution in [1.82, 2.24) is 0 Å². The van der Waals surface area contributed by atoms with Gasteiger partial charge in [0.15, 0.2) is 0 Å². The van der Waals surface area contributed by atoms with Gasteiger partial charge in [-0.1, -0.05) is 127 Å². The van der Waals surface area contributed by atoms with Crippen LogP contribution in [0.4, 0.5) is 0 Å². The van der Waals surface area contributed by atoms with Gasteiger partial charge in [0, 0.05) is 11.1 Å². The van der Waals surface area contributed by atoms with Gasteiger partial charge in [-0.05, 0) is 36.8 Å². The average molecular weight is 674 g/mol. The minimum absolute atomic E-state index is 0. The number of carbonyl (C=O) groups excluding carboxylic acids is 2. The fourth-order valence-electron chi connectivity index (χ4n) is 4.07. The molecule has 0 bridgehead atoms.